The highest BCUT2D eigenvalue weighted by Crippen LogP contribution is 2.38. The fourth-order valence-corrected chi connectivity index (χ4v) is 2.61. The summed E-state index contributed by atoms with van der Waals surface area (Å²) in [6.45, 7) is 4.00. The Kier molecular flexibility index (Phi) is 4.26. The average Bonchev–Trinajstić information content (AvgIpc) is 2.86. The van der Waals surface area contributed by atoms with E-state index in [2.05, 4.69) is 10.1 Å². The van der Waals surface area contributed by atoms with Crippen LogP contribution in [0.2, 0.25) is 0 Å². The summed E-state index contributed by atoms with van der Waals surface area (Å²) in [5.74, 6) is 1.37. The molecule has 0 atom stereocenters. The van der Waals surface area contributed by atoms with Crippen LogP contribution in [0.15, 0.2) is 4.52 Å². The number of ether oxygens (including phenoxy) is 1. The molecule has 1 aromatic heterocycles. The van der Waals surface area contributed by atoms with Crippen LogP contribution in [0, 0.1) is 0 Å². The summed E-state index contributed by atoms with van der Waals surface area (Å²) in [5.41, 5.74) is 5.43. The van der Waals surface area contributed by atoms with Crippen LogP contribution in [0.4, 0.5) is 0 Å². The molecule has 1 saturated carbocycles. The van der Waals surface area contributed by atoms with Crippen molar-refractivity contribution in [3.63, 3.8) is 0 Å². The molecule has 2 rings (SSSR count). The number of methoxy groups -OCH3 is 1. The Morgan fingerprint density at radius 1 is 1.32 bits per heavy atom. The van der Waals surface area contributed by atoms with E-state index in [9.17, 15) is 0 Å². The molecule has 5 nitrogen and oxygen atoms in total. The van der Waals surface area contributed by atoms with E-state index >= 15 is 0 Å². The molecule has 0 unspecified atom stereocenters. The lowest BCUT2D eigenvalue weighted by atomic mass is 9.84. The number of aromatic nitrogens is 2. The molecule has 1 aromatic rings. The molecule has 0 radical (unpaired) electrons. The van der Waals surface area contributed by atoms with Gasteiger partial charge in [-0.2, -0.15) is 4.98 Å². The number of rotatable bonds is 5. The molecule has 1 aliphatic rings. The summed E-state index contributed by atoms with van der Waals surface area (Å²) in [4.78, 5) is 4.52. The summed E-state index contributed by atoms with van der Waals surface area (Å²) in [5, 5.41) is 4.13. The third kappa shape index (κ3) is 3.54. The molecule has 0 bridgehead atoms. The Morgan fingerprint density at radius 2 is 2.00 bits per heavy atom. The standard InChI is InChI=1S/C14H25N3O2/c1-13(2,15)10-7-11-16-12(17-19-11)14(18-3)8-5-4-6-9-14/h4-10,15H2,1-3H3. The summed E-state index contributed by atoms with van der Waals surface area (Å²) >= 11 is 0. The highest BCUT2D eigenvalue weighted by molar-refractivity contribution is 5.03. The Bertz CT molecular complexity index is 403. The van der Waals surface area contributed by atoms with E-state index < -0.39 is 0 Å². The van der Waals surface area contributed by atoms with Gasteiger partial charge in [-0.1, -0.05) is 24.4 Å². The van der Waals surface area contributed by atoms with Crippen LogP contribution >= 0.6 is 0 Å². The molecule has 0 saturated heterocycles. The van der Waals surface area contributed by atoms with Crippen molar-refractivity contribution in [3.8, 4) is 0 Å². The molecular weight excluding hydrogens is 242 g/mol. The van der Waals surface area contributed by atoms with Crippen molar-refractivity contribution in [2.24, 2.45) is 5.73 Å². The van der Waals surface area contributed by atoms with Gasteiger partial charge in [0.25, 0.3) is 0 Å². The van der Waals surface area contributed by atoms with Crippen LogP contribution in [0.25, 0.3) is 0 Å². The first kappa shape index (κ1) is 14.5. The molecule has 19 heavy (non-hydrogen) atoms. The van der Waals surface area contributed by atoms with Gasteiger partial charge in [-0.05, 0) is 33.1 Å². The lowest BCUT2D eigenvalue weighted by Crippen LogP contribution is -2.33. The molecule has 1 fully saturated rings. The van der Waals surface area contributed by atoms with Crippen molar-refractivity contribution >= 4 is 0 Å². The van der Waals surface area contributed by atoms with Gasteiger partial charge in [-0.3, -0.25) is 0 Å². The Balaban J connectivity index is 2.06. The molecule has 0 aromatic carbocycles. The van der Waals surface area contributed by atoms with Crippen LogP contribution < -0.4 is 5.73 Å². The second-order valence-electron chi connectivity index (χ2n) is 6.26. The van der Waals surface area contributed by atoms with Gasteiger partial charge in [-0.25, -0.2) is 0 Å². The lowest BCUT2D eigenvalue weighted by Gasteiger charge is -2.32. The van der Waals surface area contributed by atoms with Gasteiger partial charge >= 0.3 is 0 Å². The molecule has 1 heterocycles. The summed E-state index contributed by atoms with van der Waals surface area (Å²) in [6.07, 6.45) is 7.08. The van der Waals surface area contributed by atoms with Crippen molar-refractivity contribution < 1.29 is 9.26 Å². The van der Waals surface area contributed by atoms with E-state index in [-0.39, 0.29) is 11.1 Å². The van der Waals surface area contributed by atoms with Crippen LogP contribution in [0.3, 0.4) is 0 Å². The minimum Gasteiger partial charge on any atom is -0.370 e. The lowest BCUT2D eigenvalue weighted by molar-refractivity contribution is -0.0527. The molecule has 108 valence electrons. The van der Waals surface area contributed by atoms with E-state index in [1.165, 1.54) is 6.42 Å². The first-order valence-electron chi connectivity index (χ1n) is 7.12. The number of nitrogens with zero attached hydrogens (tertiary/aromatic N) is 2. The maximum atomic E-state index is 5.97. The van der Waals surface area contributed by atoms with Gasteiger partial charge in [-0.15, -0.1) is 0 Å². The fraction of sp³-hybridized carbons (Fsp3) is 0.857. The Morgan fingerprint density at radius 3 is 2.58 bits per heavy atom. The second-order valence-corrected chi connectivity index (χ2v) is 6.26. The van der Waals surface area contributed by atoms with Crippen molar-refractivity contribution in [2.45, 2.75) is 69.9 Å². The molecule has 2 N–H and O–H groups in total. The summed E-state index contributed by atoms with van der Waals surface area (Å²) < 4.78 is 11.1. The fourth-order valence-electron chi connectivity index (χ4n) is 2.61. The van der Waals surface area contributed by atoms with Gasteiger partial charge in [0, 0.05) is 19.1 Å². The predicted octanol–water partition coefficient (Wildman–Crippen LogP) is 2.55. The van der Waals surface area contributed by atoms with Gasteiger partial charge in [0.05, 0.1) is 0 Å². The first-order valence-corrected chi connectivity index (χ1v) is 7.12. The highest BCUT2D eigenvalue weighted by Gasteiger charge is 2.38. The summed E-state index contributed by atoms with van der Waals surface area (Å²) in [7, 11) is 1.74. The van der Waals surface area contributed by atoms with Crippen molar-refractivity contribution in [1.82, 2.24) is 10.1 Å². The van der Waals surface area contributed by atoms with E-state index in [0.717, 1.165) is 38.5 Å². The van der Waals surface area contributed by atoms with E-state index in [1.54, 1.807) is 7.11 Å². The van der Waals surface area contributed by atoms with Crippen molar-refractivity contribution in [3.05, 3.63) is 11.7 Å². The minimum atomic E-state index is -0.335. The van der Waals surface area contributed by atoms with Crippen LogP contribution in [0.1, 0.15) is 64.1 Å². The molecule has 1 aliphatic carbocycles. The second kappa shape index (κ2) is 5.59. The summed E-state index contributed by atoms with van der Waals surface area (Å²) in [6, 6.07) is 0. The molecule has 0 spiro atoms. The zero-order valence-electron chi connectivity index (χ0n) is 12.2. The van der Waals surface area contributed by atoms with Crippen LogP contribution in [0.5, 0.6) is 0 Å². The Hall–Kier alpha value is -0.940. The quantitative estimate of drug-likeness (QED) is 0.887. The van der Waals surface area contributed by atoms with Crippen molar-refractivity contribution in [2.75, 3.05) is 7.11 Å². The third-order valence-electron chi connectivity index (χ3n) is 3.91. The Labute approximate surface area is 114 Å². The van der Waals surface area contributed by atoms with E-state index in [1.807, 2.05) is 13.8 Å². The largest absolute Gasteiger partial charge is 0.370 e. The normalized spacial score (nSPS) is 19.6. The molecule has 0 amide bonds. The SMILES string of the molecule is COC1(c2noc(CCC(C)(C)N)n2)CCCCC1. The monoisotopic (exact) mass is 267 g/mol. The first-order chi connectivity index (χ1) is 8.95. The van der Waals surface area contributed by atoms with Gasteiger partial charge in [0.2, 0.25) is 11.7 Å². The van der Waals surface area contributed by atoms with Gasteiger partial charge in [0.1, 0.15) is 5.60 Å². The number of hydrogen-bond acceptors (Lipinski definition) is 5. The smallest absolute Gasteiger partial charge is 0.226 e. The molecule has 0 aliphatic heterocycles. The van der Waals surface area contributed by atoms with Crippen molar-refractivity contribution in [1.29, 1.82) is 0 Å². The zero-order valence-corrected chi connectivity index (χ0v) is 12.2. The predicted molar refractivity (Wildman–Crippen MR) is 72.7 cm³/mol. The van der Waals surface area contributed by atoms with Gasteiger partial charge < -0.3 is 15.0 Å². The minimum absolute atomic E-state index is 0.210. The van der Waals surface area contributed by atoms with Crippen LogP contribution in [-0.2, 0) is 16.8 Å². The molecule has 5 heteroatoms. The number of aryl methyl sites for hydroxylation is 1. The van der Waals surface area contributed by atoms with E-state index in [4.69, 9.17) is 15.0 Å². The average molecular weight is 267 g/mol. The topological polar surface area (TPSA) is 74.2 Å². The zero-order chi connectivity index (χ0) is 13.9. The van der Waals surface area contributed by atoms with Gasteiger partial charge in [0.15, 0.2) is 0 Å². The molecular formula is C14H25N3O2. The maximum Gasteiger partial charge on any atom is 0.226 e. The van der Waals surface area contributed by atoms with Crippen LogP contribution in [-0.4, -0.2) is 22.8 Å². The highest BCUT2D eigenvalue weighted by atomic mass is 16.5. The number of nitrogens with two attached hydrogens (primary N) is 1. The number of hydrogen-bond donors (Lipinski definition) is 1. The van der Waals surface area contributed by atoms with E-state index in [0.29, 0.717) is 11.7 Å². The maximum absolute atomic E-state index is 5.97. The third-order valence-corrected chi connectivity index (χ3v) is 3.91.